The second-order valence-corrected chi connectivity index (χ2v) is 7.38. The normalized spacial score (nSPS) is 11.4. The molecule has 0 unspecified atom stereocenters. The third kappa shape index (κ3) is 3.64. The number of rotatable bonds is 4. The summed E-state index contributed by atoms with van der Waals surface area (Å²) < 4.78 is 25.9. The van der Waals surface area contributed by atoms with E-state index in [1.165, 1.54) is 10.6 Å². The van der Waals surface area contributed by atoms with Crippen LogP contribution in [0.2, 0.25) is 0 Å². The molecule has 0 N–H and O–H groups in total. The molecule has 0 amide bonds. The van der Waals surface area contributed by atoms with Gasteiger partial charge in [0.25, 0.3) is 0 Å². The molecule has 2 aromatic carbocycles. The summed E-state index contributed by atoms with van der Waals surface area (Å²) in [5, 5.41) is 0. The van der Waals surface area contributed by atoms with Crippen LogP contribution < -0.4 is 4.31 Å². The van der Waals surface area contributed by atoms with Gasteiger partial charge in [0.1, 0.15) is 0 Å². The van der Waals surface area contributed by atoms with Crippen LogP contribution in [0.15, 0.2) is 42.5 Å². The van der Waals surface area contributed by atoms with E-state index >= 15 is 0 Å². The van der Waals surface area contributed by atoms with Gasteiger partial charge in [-0.15, -0.1) is 0 Å². The number of aryl methyl sites for hydroxylation is 2. The van der Waals surface area contributed by atoms with E-state index in [1.54, 1.807) is 0 Å². The van der Waals surface area contributed by atoms with E-state index in [9.17, 15) is 8.42 Å². The number of hydrogen-bond donors (Lipinski definition) is 0. The van der Waals surface area contributed by atoms with Crippen molar-refractivity contribution in [1.82, 2.24) is 0 Å². The van der Waals surface area contributed by atoms with Gasteiger partial charge in [-0.2, -0.15) is 0 Å². The van der Waals surface area contributed by atoms with Gasteiger partial charge in [0.15, 0.2) is 0 Å². The molecule has 0 atom stereocenters. The summed E-state index contributed by atoms with van der Waals surface area (Å²) >= 11 is 0. The lowest BCUT2D eigenvalue weighted by atomic mass is 10.1. The highest BCUT2D eigenvalue weighted by Crippen LogP contribution is 2.26. The number of sulfonamides is 1. The quantitative estimate of drug-likeness (QED) is 0.866. The van der Waals surface area contributed by atoms with Crippen LogP contribution in [-0.4, -0.2) is 14.7 Å². The van der Waals surface area contributed by atoms with Crippen molar-refractivity contribution in [1.29, 1.82) is 0 Å². The van der Waals surface area contributed by atoms with E-state index in [0.717, 1.165) is 27.9 Å². The molecule has 4 heteroatoms. The molecule has 0 saturated heterocycles. The molecule has 0 fully saturated rings. The second kappa shape index (κ2) is 5.90. The Hall–Kier alpha value is -1.81. The van der Waals surface area contributed by atoms with Gasteiger partial charge in [0.2, 0.25) is 10.0 Å². The van der Waals surface area contributed by atoms with Gasteiger partial charge in [0.05, 0.1) is 18.5 Å². The van der Waals surface area contributed by atoms with E-state index in [4.69, 9.17) is 0 Å². The van der Waals surface area contributed by atoms with Crippen LogP contribution in [0.25, 0.3) is 0 Å². The van der Waals surface area contributed by atoms with Crippen molar-refractivity contribution in [3.05, 3.63) is 64.7 Å². The molecule has 2 rings (SSSR count). The van der Waals surface area contributed by atoms with Crippen molar-refractivity contribution in [2.75, 3.05) is 10.6 Å². The van der Waals surface area contributed by atoms with Crippen LogP contribution in [-0.2, 0) is 16.6 Å². The molecule has 0 bridgehead atoms. The predicted octanol–water partition coefficient (Wildman–Crippen LogP) is 3.58. The maximum absolute atomic E-state index is 12.2. The monoisotopic (exact) mass is 303 g/mol. The predicted molar refractivity (Wildman–Crippen MR) is 88.1 cm³/mol. The van der Waals surface area contributed by atoms with Gasteiger partial charge in [-0.05, 0) is 43.5 Å². The van der Waals surface area contributed by atoms with Gasteiger partial charge in [-0.25, -0.2) is 8.42 Å². The fraction of sp³-hybridized carbons (Fsp3) is 0.294. The van der Waals surface area contributed by atoms with Crippen molar-refractivity contribution in [3.8, 4) is 0 Å². The van der Waals surface area contributed by atoms with Gasteiger partial charge >= 0.3 is 0 Å². The van der Waals surface area contributed by atoms with E-state index in [1.807, 2.05) is 63.2 Å². The summed E-state index contributed by atoms with van der Waals surface area (Å²) in [4.78, 5) is 0. The third-order valence-corrected chi connectivity index (χ3v) is 4.78. The van der Waals surface area contributed by atoms with E-state index in [-0.39, 0.29) is 0 Å². The third-order valence-electron chi connectivity index (χ3n) is 3.65. The van der Waals surface area contributed by atoms with Gasteiger partial charge < -0.3 is 0 Å². The summed E-state index contributed by atoms with van der Waals surface area (Å²) in [6, 6.07) is 13.7. The molecule has 2 aromatic rings. The fourth-order valence-electron chi connectivity index (χ4n) is 2.36. The molecule has 3 nitrogen and oxygen atoms in total. The largest absolute Gasteiger partial charge is 0.266 e. The molecule has 0 aliphatic heterocycles. The highest BCUT2D eigenvalue weighted by molar-refractivity contribution is 7.92. The zero-order valence-electron chi connectivity index (χ0n) is 12.9. The van der Waals surface area contributed by atoms with Crippen LogP contribution in [0.3, 0.4) is 0 Å². The molecule has 21 heavy (non-hydrogen) atoms. The summed E-state index contributed by atoms with van der Waals surface area (Å²) in [5.74, 6) is 0. The zero-order valence-corrected chi connectivity index (χ0v) is 13.7. The average Bonchev–Trinajstić information content (AvgIpc) is 2.39. The average molecular weight is 303 g/mol. The SMILES string of the molecule is Cc1cccc(CN(c2cccc(C)c2C)S(C)(=O)=O)c1. The molecule has 0 aromatic heterocycles. The lowest BCUT2D eigenvalue weighted by Crippen LogP contribution is -2.30. The Bertz CT molecular complexity index is 751. The minimum Gasteiger partial charge on any atom is -0.266 e. The summed E-state index contributed by atoms with van der Waals surface area (Å²) in [5.41, 5.74) is 4.95. The molecular weight excluding hydrogens is 282 g/mol. The maximum Gasteiger partial charge on any atom is 0.232 e. The first-order valence-electron chi connectivity index (χ1n) is 6.88. The standard InChI is InChI=1S/C17H21NO2S/c1-13-7-5-9-16(11-13)12-18(21(4,19)20)17-10-6-8-14(2)15(17)3/h5-11H,12H2,1-4H3. The van der Waals surface area contributed by atoms with E-state index in [0.29, 0.717) is 6.54 Å². The van der Waals surface area contributed by atoms with E-state index < -0.39 is 10.0 Å². The molecule has 0 heterocycles. The van der Waals surface area contributed by atoms with Crippen LogP contribution in [0.5, 0.6) is 0 Å². The number of nitrogens with zero attached hydrogens (tertiary/aromatic N) is 1. The van der Waals surface area contributed by atoms with Crippen molar-refractivity contribution >= 4 is 15.7 Å². The van der Waals surface area contributed by atoms with Crippen LogP contribution in [0.1, 0.15) is 22.3 Å². The minimum atomic E-state index is -3.33. The van der Waals surface area contributed by atoms with Gasteiger partial charge in [-0.1, -0.05) is 42.0 Å². The van der Waals surface area contributed by atoms with Crippen LogP contribution in [0.4, 0.5) is 5.69 Å². The number of hydrogen-bond acceptors (Lipinski definition) is 2. The first-order valence-corrected chi connectivity index (χ1v) is 8.73. The lowest BCUT2D eigenvalue weighted by molar-refractivity contribution is 0.596. The molecule has 0 radical (unpaired) electrons. The molecule has 112 valence electrons. The topological polar surface area (TPSA) is 37.4 Å². The Kier molecular flexibility index (Phi) is 4.37. The maximum atomic E-state index is 12.2. The Labute approximate surface area is 127 Å². The molecule has 0 saturated carbocycles. The summed E-state index contributed by atoms with van der Waals surface area (Å²) in [7, 11) is -3.33. The van der Waals surface area contributed by atoms with Crippen molar-refractivity contribution in [3.63, 3.8) is 0 Å². The Morgan fingerprint density at radius 3 is 2.29 bits per heavy atom. The smallest absolute Gasteiger partial charge is 0.232 e. The summed E-state index contributed by atoms with van der Waals surface area (Å²) in [6.45, 7) is 6.31. The lowest BCUT2D eigenvalue weighted by Gasteiger charge is -2.25. The molecular formula is C17H21NO2S. The first-order chi connectivity index (χ1) is 9.79. The fourth-order valence-corrected chi connectivity index (χ4v) is 3.30. The second-order valence-electron chi connectivity index (χ2n) is 5.48. The molecule has 0 spiro atoms. The number of benzene rings is 2. The van der Waals surface area contributed by atoms with Crippen LogP contribution >= 0.6 is 0 Å². The number of anilines is 1. The van der Waals surface area contributed by atoms with Crippen molar-refractivity contribution < 1.29 is 8.42 Å². The van der Waals surface area contributed by atoms with Crippen molar-refractivity contribution in [2.24, 2.45) is 0 Å². The Morgan fingerprint density at radius 1 is 1.00 bits per heavy atom. The van der Waals surface area contributed by atoms with Gasteiger partial charge in [-0.3, -0.25) is 4.31 Å². The highest BCUT2D eigenvalue weighted by atomic mass is 32.2. The highest BCUT2D eigenvalue weighted by Gasteiger charge is 2.20. The Balaban J connectivity index is 2.48. The van der Waals surface area contributed by atoms with Crippen molar-refractivity contribution in [2.45, 2.75) is 27.3 Å². The zero-order chi connectivity index (χ0) is 15.6. The minimum absolute atomic E-state index is 0.352. The van der Waals surface area contributed by atoms with E-state index in [2.05, 4.69) is 0 Å². The van der Waals surface area contributed by atoms with Crippen LogP contribution in [0, 0.1) is 20.8 Å². The Morgan fingerprint density at radius 2 is 1.67 bits per heavy atom. The first kappa shape index (κ1) is 15.6. The summed E-state index contributed by atoms with van der Waals surface area (Å²) in [6.07, 6.45) is 1.25. The molecule has 0 aliphatic carbocycles. The van der Waals surface area contributed by atoms with Gasteiger partial charge in [0, 0.05) is 0 Å². The molecule has 0 aliphatic rings.